The van der Waals surface area contributed by atoms with Gasteiger partial charge in [-0.1, -0.05) is 11.3 Å². The lowest BCUT2D eigenvalue weighted by Gasteiger charge is -2.13. The minimum absolute atomic E-state index is 0.706. The van der Waals surface area contributed by atoms with E-state index < -0.39 is 0 Å². The van der Waals surface area contributed by atoms with Crippen molar-refractivity contribution in [3.8, 4) is 0 Å². The lowest BCUT2D eigenvalue weighted by atomic mass is 10.4. The van der Waals surface area contributed by atoms with E-state index in [1.54, 1.807) is 11.3 Å². The summed E-state index contributed by atoms with van der Waals surface area (Å²) in [6.45, 7) is 2.85. The Morgan fingerprint density at radius 1 is 1.60 bits per heavy atom. The van der Waals surface area contributed by atoms with Crippen LogP contribution in [0.1, 0.15) is 10.6 Å². The smallest absolute Gasteiger partial charge is 0.206 e. The molecule has 0 saturated heterocycles. The van der Waals surface area contributed by atoms with Gasteiger partial charge in [-0.25, -0.2) is 4.98 Å². The Balaban J connectivity index is 2.13. The van der Waals surface area contributed by atoms with E-state index in [0.717, 1.165) is 17.4 Å². The minimum Gasteiger partial charge on any atom is -0.345 e. The predicted octanol–water partition coefficient (Wildman–Crippen LogP) is 2.60. The maximum absolute atomic E-state index is 4.99. The van der Waals surface area contributed by atoms with E-state index >= 15 is 0 Å². The Labute approximate surface area is 101 Å². The molecule has 0 amide bonds. The third-order valence-electron chi connectivity index (χ3n) is 1.98. The number of nitrogens with zero attached hydrogens (tertiary/aromatic N) is 3. The van der Waals surface area contributed by atoms with Crippen LogP contribution >= 0.6 is 34.9 Å². The molecule has 0 saturated carbocycles. The van der Waals surface area contributed by atoms with Crippen LogP contribution in [-0.2, 0) is 6.54 Å². The molecule has 0 radical (unpaired) electrons. The lowest BCUT2D eigenvalue weighted by molar-refractivity contribution is 0.896. The van der Waals surface area contributed by atoms with Crippen molar-refractivity contribution in [1.82, 2.24) is 15.2 Å². The van der Waals surface area contributed by atoms with E-state index in [4.69, 9.17) is 12.2 Å². The number of rotatable bonds is 3. The average molecular weight is 258 g/mol. The van der Waals surface area contributed by atoms with Crippen molar-refractivity contribution < 1.29 is 0 Å². The zero-order valence-electron chi connectivity index (χ0n) is 8.35. The highest BCUT2D eigenvalue weighted by molar-refractivity contribution is 7.73. The maximum atomic E-state index is 4.99. The van der Waals surface area contributed by atoms with E-state index in [1.807, 2.05) is 19.5 Å². The molecule has 0 bridgehead atoms. The highest BCUT2D eigenvalue weighted by atomic mass is 32.1. The van der Waals surface area contributed by atoms with Gasteiger partial charge in [0.2, 0.25) is 5.13 Å². The fourth-order valence-electron chi connectivity index (χ4n) is 1.15. The Morgan fingerprint density at radius 3 is 2.93 bits per heavy atom. The number of hydrogen-bond acceptors (Lipinski definition) is 6. The largest absolute Gasteiger partial charge is 0.345 e. The van der Waals surface area contributed by atoms with E-state index in [0.29, 0.717) is 3.95 Å². The molecule has 0 unspecified atom stereocenters. The summed E-state index contributed by atoms with van der Waals surface area (Å²) in [5.74, 6) is 0. The third-order valence-corrected chi connectivity index (χ3v) is 4.10. The Hall–Kier alpha value is -0.790. The summed E-state index contributed by atoms with van der Waals surface area (Å²) in [6, 6.07) is 0. The molecule has 2 aromatic rings. The predicted molar refractivity (Wildman–Crippen MR) is 66.3 cm³/mol. The highest BCUT2D eigenvalue weighted by Gasteiger charge is 2.08. The number of aryl methyl sites for hydroxylation is 1. The van der Waals surface area contributed by atoms with Crippen LogP contribution < -0.4 is 4.90 Å². The van der Waals surface area contributed by atoms with Crippen molar-refractivity contribution in [3.05, 3.63) is 20.0 Å². The average Bonchev–Trinajstić information content (AvgIpc) is 2.77. The van der Waals surface area contributed by atoms with Gasteiger partial charge in [0.1, 0.15) is 0 Å². The minimum atomic E-state index is 0.706. The number of aromatic amines is 1. The van der Waals surface area contributed by atoms with Gasteiger partial charge in [0, 0.05) is 11.9 Å². The van der Waals surface area contributed by atoms with Gasteiger partial charge in [-0.15, -0.1) is 16.4 Å². The van der Waals surface area contributed by atoms with Crippen LogP contribution in [-0.4, -0.2) is 22.2 Å². The van der Waals surface area contributed by atoms with E-state index in [9.17, 15) is 0 Å². The van der Waals surface area contributed by atoms with Gasteiger partial charge in [-0.05, 0) is 19.1 Å². The van der Waals surface area contributed by atoms with Crippen molar-refractivity contribution >= 4 is 40.0 Å². The molecule has 1 N–H and O–H groups in total. The first-order chi connectivity index (χ1) is 7.16. The molecule has 0 aliphatic rings. The summed E-state index contributed by atoms with van der Waals surface area (Å²) in [7, 11) is 2.00. The second-order valence-corrected chi connectivity index (χ2v) is 5.70. The van der Waals surface area contributed by atoms with Crippen LogP contribution in [0.4, 0.5) is 5.13 Å². The molecular weight excluding hydrogens is 248 g/mol. The van der Waals surface area contributed by atoms with Gasteiger partial charge in [0.05, 0.1) is 17.7 Å². The van der Waals surface area contributed by atoms with Crippen LogP contribution in [0.5, 0.6) is 0 Å². The van der Waals surface area contributed by atoms with Crippen LogP contribution in [0.3, 0.4) is 0 Å². The molecule has 15 heavy (non-hydrogen) atoms. The fraction of sp³-hybridized carbons (Fsp3) is 0.375. The van der Waals surface area contributed by atoms with Gasteiger partial charge in [-0.3, -0.25) is 5.10 Å². The summed E-state index contributed by atoms with van der Waals surface area (Å²) in [5, 5.41) is 7.81. The Kier molecular flexibility index (Phi) is 3.13. The molecule has 0 aliphatic heterocycles. The SMILES string of the molecule is Cc1ncsc1CN(C)c1n[nH]c(=S)s1. The topological polar surface area (TPSA) is 44.8 Å². The normalized spacial score (nSPS) is 10.5. The molecule has 0 fully saturated rings. The summed E-state index contributed by atoms with van der Waals surface area (Å²) in [5.41, 5.74) is 2.95. The van der Waals surface area contributed by atoms with E-state index in [2.05, 4.69) is 20.1 Å². The molecule has 80 valence electrons. The van der Waals surface area contributed by atoms with Gasteiger partial charge >= 0.3 is 0 Å². The van der Waals surface area contributed by atoms with Crippen molar-refractivity contribution in [2.45, 2.75) is 13.5 Å². The Morgan fingerprint density at radius 2 is 2.40 bits per heavy atom. The van der Waals surface area contributed by atoms with Gasteiger partial charge in [0.15, 0.2) is 3.95 Å². The second-order valence-electron chi connectivity index (χ2n) is 3.11. The molecule has 2 heterocycles. The molecule has 0 spiro atoms. The van der Waals surface area contributed by atoms with Crippen LogP contribution in [0.15, 0.2) is 5.51 Å². The maximum Gasteiger partial charge on any atom is 0.206 e. The zero-order chi connectivity index (χ0) is 10.8. The van der Waals surface area contributed by atoms with Crippen molar-refractivity contribution in [3.63, 3.8) is 0 Å². The fourth-order valence-corrected chi connectivity index (χ4v) is 2.81. The molecule has 7 heteroatoms. The zero-order valence-corrected chi connectivity index (χ0v) is 10.8. The number of aromatic nitrogens is 3. The number of nitrogens with one attached hydrogen (secondary N) is 1. The standard InChI is InChI=1S/C8H10N4S3/c1-5-6(14-4-9-5)3-12(2)7-10-11-8(13)15-7/h4H,3H2,1-2H3,(H,11,13). The summed E-state index contributed by atoms with van der Waals surface area (Å²) >= 11 is 8.14. The molecular formula is C8H10N4S3. The van der Waals surface area contributed by atoms with Crippen LogP contribution in [0, 0.1) is 10.9 Å². The third kappa shape index (κ3) is 2.42. The molecule has 4 nitrogen and oxygen atoms in total. The van der Waals surface area contributed by atoms with Crippen molar-refractivity contribution in [2.24, 2.45) is 0 Å². The first-order valence-electron chi connectivity index (χ1n) is 4.32. The molecule has 0 atom stereocenters. The number of H-pyrrole nitrogens is 1. The number of hydrogen-bond donors (Lipinski definition) is 1. The van der Waals surface area contributed by atoms with Gasteiger partial charge in [0.25, 0.3) is 0 Å². The summed E-state index contributed by atoms with van der Waals surface area (Å²) in [4.78, 5) is 7.54. The van der Waals surface area contributed by atoms with Crippen LogP contribution in [0.25, 0.3) is 0 Å². The van der Waals surface area contributed by atoms with Crippen molar-refractivity contribution in [2.75, 3.05) is 11.9 Å². The van der Waals surface area contributed by atoms with Gasteiger partial charge < -0.3 is 4.90 Å². The molecule has 0 aromatic carbocycles. The summed E-state index contributed by atoms with van der Waals surface area (Å²) < 4.78 is 0.706. The molecule has 0 aliphatic carbocycles. The number of anilines is 1. The first kappa shape index (κ1) is 10.7. The lowest BCUT2D eigenvalue weighted by Crippen LogP contribution is -2.15. The quantitative estimate of drug-likeness (QED) is 0.860. The van der Waals surface area contributed by atoms with Crippen LogP contribution in [0.2, 0.25) is 0 Å². The molecule has 2 aromatic heterocycles. The van der Waals surface area contributed by atoms with E-state index in [-0.39, 0.29) is 0 Å². The highest BCUT2D eigenvalue weighted by Crippen LogP contribution is 2.21. The summed E-state index contributed by atoms with van der Waals surface area (Å²) in [6.07, 6.45) is 0. The van der Waals surface area contributed by atoms with Crippen molar-refractivity contribution in [1.29, 1.82) is 0 Å². The Bertz CT molecular complexity index is 498. The number of thiazole rings is 1. The molecule has 2 rings (SSSR count). The monoisotopic (exact) mass is 258 g/mol. The second kappa shape index (κ2) is 4.38. The van der Waals surface area contributed by atoms with E-state index in [1.165, 1.54) is 16.2 Å². The van der Waals surface area contributed by atoms with Gasteiger partial charge in [-0.2, -0.15) is 0 Å². The first-order valence-corrected chi connectivity index (χ1v) is 6.43.